The first kappa shape index (κ1) is 31.8. The number of amides is 1. The van der Waals surface area contributed by atoms with Gasteiger partial charge in [0.1, 0.15) is 17.1 Å². The smallest absolute Gasteiger partial charge is 0.416 e. The van der Waals surface area contributed by atoms with Crippen LogP contribution >= 0.6 is 0 Å². The lowest BCUT2D eigenvalue weighted by Gasteiger charge is -2.32. The predicted octanol–water partition coefficient (Wildman–Crippen LogP) is 4.20. The Morgan fingerprint density at radius 3 is 2.26 bits per heavy atom. The van der Waals surface area contributed by atoms with Crippen molar-refractivity contribution < 1.29 is 27.1 Å². The number of nitrogens with one attached hydrogen (secondary N) is 2. The lowest BCUT2D eigenvalue weighted by atomic mass is 10.1. The highest BCUT2D eigenvalue weighted by Crippen LogP contribution is 2.33. The number of hydrogen-bond donors (Lipinski definition) is 2. The first-order chi connectivity index (χ1) is 20.2. The SMILES string of the molecule is Cc1c(N2CCNCC2)c(=O)n(C[C@H](NC(=O)OC(C)(C)C)c2ccccc2)c(=O)n1Cc1c(F)cccc1C(F)(F)F. The van der Waals surface area contributed by atoms with E-state index in [9.17, 15) is 31.9 Å². The molecule has 1 aliphatic heterocycles. The van der Waals surface area contributed by atoms with Crippen molar-refractivity contribution >= 4 is 11.8 Å². The van der Waals surface area contributed by atoms with E-state index in [-0.39, 0.29) is 17.9 Å². The summed E-state index contributed by atoms with van der Waals surface area (Å²) in [5.74, 6) is -1.13. The lowest BCUT2D eigenvalue weighted by Crippen LogP contribution is -2.51. The largest absolute Gasteiger partial charge is 0.444 e. The fraction of sp³-hybridized carbons (Fsp3) is 0.433. The Labute approximate surface area is 246 Å². The monoisotopic (exact) mass is 605 g/mol. The average Bonchev–Trinajstić information content (AvgIpc) is 2.93. The summed E-state index contributed by atoms with van der Waals surface area (Å²) in [7, 11) is 0. The van der Waals surface area contributed by atoms with Crippen LogP contribution in [0.5, 0.6) is 0 Å². The quantitative estimate of drug-likeness (QED) is 0.392. The van der Waals surface area contributed by atoms with Gasteiger partial charge >= 0.3 is 18.0 Å². The Morgan fingerprint density at radius 1 is 1.00 bits per heavy atom. The Hall–Kier alpha value is -4.13. The molecule has 43 heavy (non-hydrogen) atoms. The summed E-state index contributed by atoms with van der Waals surface area (Å²) in [6.07, 6.45) is -5.66. The molecule has 232 valence electrons. The number of piperazine rings is 1. The van der Waals surface area contributed by atoms with Gasteiger partial charge in [-0.2, -0.15) is 13.2 Å². The fourth-order valence-electron chi connectivity index (χ4n) is 5.08. The predicted molar refractivity (Wildman–Crippen MR) is 154 cm³/mol. The molecule has 1 fully saturated rings. The van der Waals surface area contributed by atoms with E-state index < -0.39 is 58.7 Å². The topological polar surface area (TPSA) is 97.6 Å². The minimum atomic E-state index is -4.87. The van der Waals surface area contributed by atoms with Crippen molar-refractivity contribution in [3.8, 4) is 0 Å². The summed E-state index contributed by atoms with van der Waals surface area (Å²) in [4.78, 5) is 42.5. The van der Waals surface area contributed by atoms with Gasteiger partial charge in [0.05, 0.1) is 24.7 Å². The molecule has 0 aliphatic carbocycles. The van der Waals surface area contributed by atoms with E-state index in [2.05, 4.69) is 10.6 Å². The molecule has 2 heterocycles. The van der Waals surface area contributed by atoms with Crippen molar-refractivity contribution in [3.05, 3.63) is 97.6 Å². The number of anilines is 1. The summed E-state index contributed by atoms with van der Waals surface area (Å²) in [5.41, 5.74) is -3.58. The minimum Gasteiger partial charge on any atom is -0.444 e. The van der Waals surface area contributed by atoms with Gasteiger partial charge in [-0.15, -0.1) is 0 Å². The Kier molecular flexibility index (Phi) is 9.33. The van der Waals surface area contributed by atoms with Crippen molar-refractivity contribution in [2.24, 2.45) is 0 Å². The maximum atomic E-state index is 14.9. The first-order valence-corrected chi connectivity index (χ1v) is 13.9. The highest BCUT2D eigenvalue weighted by atomic mass is 19.4. The average molecular weight is 606 g/mol. The second-order valence-corrected chi connectivity index (χ2v) is 11.3. The second kappa shape index (κ2) is 12.6. The number of benzene rings is 2. The van der Waals surface area contributed by atoms with Gasteiger partial charge < -0.3 is 20.3 Å². The zero-order chi connectivity index (χ0) is 31.5. The van der Waals surface area contributed by atoms with Crippen LogP contribution in [0.2, 0.25) is 0 Å². The Bertz CT molecular complexity index is 1570. The third-order valence-corrected chi connectivity index (χ3v) is 7.09. The van der Waals surface area contributed by atoms with Gasteiger partial charge in [-0.25, -0.2) is 14.0 Å². The highest BCUT2D eigenvalue weighted by Gasteiger charge is 2.35. The van der Waals surface area contributed by atoms with Crippen molar-refractivity contribution in [2.45, 2.75) is 58.6 Å². The number of carbonyl (C=O) groups excluding carboxylic acids is 1. The molecule has 1 amide bonds. The molecule has 3 aromatic rings. The third-order valence-electron chi connectivity index (χ3n) is 7.09. The summed E-state index contributed by atoms with van der Waals surface area (Å²) >= 11 is 0. The maximum Gasteiger partial charge on any atom is 0.416 e. The van der Waals surface area contributed by atoms with E-state index in [0.29, 0.717) is 31.7 Å². The zero-order valence-corrected chi connectivity index (χ0v) is 24.4. The second-order valence-electron chi connectivity index (χ2n) is 11.3. The molecular weight excluding hydrogens is 570 g/mol. The van der Waals surface area contributed by atoms with E-state index in [1.807, 2.05) is 0 Å². The van der Waals surface area contributed by atoms with Gasteiger partial charge in [-0.05, 0) is 45.4 Å². The maximum absolute atomic E-state index is 14.9. The van der Waals surface area contributed by atoms with Crippen LogP contribution in [0.25, 0.3) is 0 Å². The van der Waals surface area contributed by atoms with E-state index in [4.69, 9.17) is 4.74 Å². The van der Waals surface area contributed by atoms with Crippen molar-refractivity contribution in [3.63, 3.8) is 0 Å². The highest BCUT2D eigenvalue weighted by molar-refractivity contribution is 5.68. The van der Waals surface area contributed by atoms with Gasteiger partial charge in [-0.3, -0.25) is 13.9 Å². The van der Waals surface area contributed by atoms with Crippen LogP contribution in [-0.2, 0) is 24.0 Å². The summed E-state index contributed by atoms with van der Waals surface area (Å²) < 4.78 is 63.8. The number of halogens is 4. The molecule has 0 spiro atoms. The third kappa shape index (κ3) is 7.45. The molecule has 1 saturated heterocycles. The number of nitrogens with zero attached hydrogens (tertiary/aromatic N) is 3. The summed E-state index contributed by atoms with van der Waals surface area (Å²) in [6, 6.07) is 10.3. The molecule has 1 aliphatic rings. The Balaban J connectivity index is 1.89. The molecule has 13 heteroatoms. The van der Waals surface area contributed by atoms with Gasteiger partial charge in [0, 0.05) is 37.4 Å². The van der Waals surface area contributed by atoms with Gasteiger partial charge in [-0.1, -0.05) is 36.4 Å². The molecule has 9 nitrogen and oxygen atoms in total. The molecule has 0 unspecified atom stereocenters. The minimum absolute atomic E-state index is 0.112. The molecule has 0 bridgehead atoms. The van der Waals surface area contributed by atoms with E-state index in [1.165, 1.54) is 6.92 Å². The summed E-state index contributed by atoms with van der Waals surface area (Å²) in [6.45, 7) is 7.28. The van der Waals surface area contributed by atoms with Gasteiger partial charge in [0.2, 0.25) is 0 Å². The standard InChI is InChI=1S/C30H35F4N5O4/c1-19-25(37-15-13-35-14-16-37)26(40)39(18-24(20-9-6-5-7-10-20)36-27(41)43-29(2,3)4)28(42)38(19)17-21-22(30(32,33)34)11-8-12-23(21)31/h5-12,24,35H,13-18H2,1-4H3,(H,36,41)/t24-/m0/s1. The zero-order valence-electron chi connectivity index (χ0n) is 24.4. The van der Waals surface area contributed by atoms with Crippen LogP contribution in [0.1, 0.15) is 49.2 Å². The number of alkyl halides is 3. The number of carbonyl (C=O) groups is 1. The number of rotatable bonds is 7. The number of hydrogen-bond acceptors (Lipinski definition) is 6. The summed E-state index contributed by atoms with van der Waals surface area (Å²) in [5, 5.41) is 5.89. The molecule has 0 saturated carbocycles. The van der Waals surface area contributed by atoms with Crippen molar-refractivity contribution in [1.29, 1.82) is 0 Å². The van der Waals surface area contributed by atoms with Gasteiger partial charge in [0.25, 0.3) is 5.56 Å². The molecule has 0 radical (unpaired) electrons. The van der Waals surface area contributed by atoms with E-state index >= 15 is 0 Å². The normalized spacial score (nSPS) is 14.8. The van der Waals surface area contributed by atoms with E-state index in [1.54, 1.807) is 56.0 Å². The van der Waals surface area contributed by atoms with Crippen LogP contribution < -0.4 is 26.8 Å². The lowest BCUT2D eigenvalue weighted by molar-refractivity contribution is -0.138. The first-order valence-electron chi connectivity index (χ1n) is 13.9. The number of aromatic nitrogens is 2. The Morgan fingerprint density at radius 2 is 1.65 bits per heavy atom. The van der Waals surface area contributed by atoms with Crippen molar-refractivity contribution in [2.75, 3.05) is 31.1 Å². The van der Waals surface area contributed by atoms with Gasteiger partial charge in [0.15, 0.2) is 0 Å². The van der Waals surface area contributed by atoms with Crippen LogP contribution in [0.3, 0.4) is 0 Å². The van der Waals surface area contributed by atoms with E-state index in [0.717, 1.165) is 27.3 Å². The van der Waals surface area contributed by atoms with Crippen LogP contribution in [0, 0.1) is 12.7 Å². The fourth-order valence-corrected chi connectivity index (χ4v) is 5.08. The van der Waals surface area contributed by atoms with Crippen LogP contribution in [0.4, 0.5) is 28.0 Å². The molecule has 1 atom stereocenters. The van der Waals surface area contributed by atoms with Crippen LogP contribution in [0.15, 0.2) is 58.1 Å². The van der Waals surface area contributed by atoms with Crippen molar-refractivity contribution in [1.82, 2.24) is 19.8 Å². The molecule has 4 rings (SSSR count). The molecule has 2 aromatic carbocycles. The number of alkyl carbamates (subject to hydrolysis) is 1. The molecule has 2 N–H and O–H groups in total. The van der Waals surface area contributed by atoms with Crippen LogP contribution in [-0.4, -0.2) is 47.0 Å². The molecular formula is C30H35F4N5O4. The molecule has 1 aromatic heterocycles. The number of ether oxygens (including phenoxy) is 1.